The van der Waals surface area contributed by atoms with Crippen LogP contribution in [0, 0.1) is 5.82 Å². The molecule has 3 rings (SSSR count). The summed E-state index contributed by atoms with van der Waals surface area (Å²) in [5.41, 5.74) is 2.57. The van der Waals surface area contributed by atoms with Crippen molar-refractivity contribution in [1.82, 2.24) is 14.9 Å². The fraction of sp³-hybridized carbons (Fsp3) is 0.133. The Bertz CT molecular complexity index is 705. The second kappa shape index (κ2) is 4.82. The Labute approximate surface area is 110 Å². The van der Waals surface area contributed by atoms with Crippen LogP contribution in [-0.2, 0) is 0 Å². The van der Waals surface area contributed by atoms with E-state index >= 15 is 0 Å². The Kier molecular flexibility index (Phi) is 3.01. The minimum Gasteiger partial charge on any atom is -0.309 e. The maximum absolute atomic E-state index is 14.0. The molecule has 1 aromatic carbocycles. The predicted octanol–water partition coefficient (Wildman–Crippen LogP) is 2.78. The predicted molar refractivity (Wildman–Crippen MR) is 72.5 cm³/mol. The molecule has 19 heavy (non-hydrogen) atoms. The molecule has 1 atom stereocenters. The second-order valence-electron chi connectivity index (χ2n) is 4.37. The topological polar surface area (TPSA) is 29.3 Å². The summed E-state index contributed by atoms with van der Waals surface area (Å²) >= 11 is 0. The molecule has 1 unspecified atom stereocenters. The number of halogens is 1. The Hall–Kier alpha value is -2.20. The van der Waals surface area contributed by atoms with E-state index in [-0.39, 0.29) is 11.9 Å². The van der Waals surface area contributed by atoms with Gasteiger partial charge in [0.05, 0.1) is 17.8 Å². The van der Waals surface area contributed by atoms with Gasteiger partial charge in [0.25, 0.3) is 0 Å². The van der Waals surface area contributed by atoms with Crippen LogP contribution in [-0.4, -0.2) is 16.7 Å². The molecular formula is C15H14FN3. The summed E-state index contributed by atoms with van der Waals surface area (Å²) in [6, 6.07) is 12.5. The van der Waals surface area contributed by atoms with E-state index in [0.717, 1.165) is 11.1 Å². The highest BCUT2D eigenvalue weighted by Gasteiger charge is 2.19. The summed E-state index contributed by atoms with van der Waals surface area (Å²) in [6.45, 7) is 0. The second-order valence-corrected chi connectivity index (χ2v) is 4.37. The summed E-state index contributed by atoms with van der Waals surface area (Å²) in [4.78, 5) is 0. The monoisotopic (exact) mass is 255 g/mol. The van der Waals surface area contributed by atoms with Crippen molar-refractivity contribution < 1.29 is 4.39 Å². The molecule has 0 aliphatic carbocycles. The van der Waals surface area contributed by atoms with E-state index in [1.54, 1.807) is 22.8 Å². The van der Waals surface area contributed by atoms with Crippen LogP contribution in [0.2, 0.25) is 0 Å². The maximum Gasteiger partial charge on any atom is 0.128 e. The quantitative estimate of drug-likeness (QED) is 0.779. The molecule has 0 saturated heterocycles. The lowest BCUT2D eigenvalue weighted by molar-refractivity contribution is 0.577. The Morgan fingerprint density at radius 1 is 1.11 bits per heavy atom. The molecule has 4 heteroatoms. The lowest BCUT2D eigenvalue weighted by Crippen LogP contribution is -2.18. The lowest BCUT2D eigenvalue weighted by atomic mass is 9.99. The van der Waals surface area contributed by atoms with Gasteiger partial charge in [-0.3, -0.25) is 0 Å². The van der Waals surface area contributed by atoms with E-state index in [1.165, 1.54) is 6.07 Å². The smallest absolute Gasteiger partial charge is 0.128 e. The van der Waals surface area contributed by atoms with Crippen LogP contribution in [0.3, 0.4) is 0 Å². The minimum absolute atomic E-state index is 0.207. The van der Waals surface area contributed by atoms with Gasteiger partial charge in [0.2, 0.25) is 0 Å². The molecule has 2 heterocycles. The van der Waals surface area contributed by atoms with Crippen LogP contribution < -0.4 is 5.32 Å². The minimum atomic E-state index is -0.211. The van der Waals surface area contributed by atoms with Crippen LogP contribution in [0.15, 0.2) is 54.9 Å². The van der Waals surface area contributed by atoms with E-state index in [2.05, 4.69) is 10.4 Å². The van der Waals surface area contributed by atoms with Gasteiger partial charge >= 0.3 is 0 Å². The highest BCUT2D eigenvalue weighted by molar-refractivity contribution is 5.57. The number of hydrogen-bond donors (Lipinski definition) is 1. The van der Waals surface area contributed by atoms with E-state index in [1.807, 2.05) is 37.5 Å². The maximum atomic E-state index is 14.0. The van der Waals surface area contributed by atoms with Crippen molar-refractivity contribution in [3.63, 3.8) is 0 Å². The normalized spacial score (nSPS) is 12.7. The summed E-state index contributed by atoms with van der Waals surface area (Å²) in [7, 11) is 1.82. The zero-order valence-corrected chi connectivity index (χ0v) is 10.5. The van der Waals surface area contributed by atoms with Gasteiger partial charge in [-0.2, -0.15) is 5.10 Å². The molecule has 0 aliphatic rings. The van der Waals surface area contributed by atoms with E-state index < -0.39 is 0 Å². The van der Waals surface area contributed by atoms with Crippen molar-refractivity contribution in [3.05, 3.63) is 71.8 Å². The Morgan fingerprint density at radius 3 is 2.68 bits per heavy atom. The molecule has 0 fully saturated rings. The standard InChI is InChI=1S/C15H14FN3/c1-17-15(11-6-2-3-7-13(11)16)12-10-18-19-9-5-4-8-14(12)19/h2-10,15,17H,1H3. The average Bonchev–Trinajstić information content (AvgIpc) is 2.86. The molecule has 2 aromatic heterocycles. The molecule has 0 saturated carbocycles. The number of benzene rings is 1. The Balaban J connectivity index is 2.15. The number of rotatable bonds is 3. The third-order valence-electron chi connectivity index (χ3n) is 3.27. The number of fused-ring (bicyclic) bond motifs is 1. The molecule has 0 aliphatic heterocycles. The van der Waals surface area contributed by atoms with Crippen LogP contribution in [0.4, 0.5) is 4.39 Å². The van der Waals surface area contributed by atoms with Crippen LogP contribution in [0.5, 0.6) is 0 Å². The first-order valence-corrected chi connectivity index (χ1v) is 6.15. The molecule has 3 nitrogen and oxygen atoms in total. The number of nitrogens with zero attached hydrogens (tertiary/aromatic N) is 2. The third kappa shape index (κ3) is 2.00. The fourth-order valence-corrected chi connectivity index (χ4v) is 2.36. The van der Waals surface area contributed by atoms with Gasteiger partial charge in [0, 0.05) is 17.3 Å². The number of pyridine rings is 1. The van der Waals surface area contributed by atoms with Crippen molar-refractivity contribution in [2.75, 3.05) is 7.05 Å². The largest absolute Gasteiger partial charge is 0.309 e. The van der Waals surface area contributed by atoms with Crippen molar-refractivity contribution in [1.29, 1.82) is 0 Å². The van der Waals surface area contributed by atoms with Gasteiger partial charge in [-0.1, -0.05) is 24.3 Å². The van der Waals surface area contributed by atoms with Gasteiger partial charge in [-0.25, -0.2) is 8.91 Å². The van der Waals surface area contributed by atoms with Crippen molar-refractivity contribution in [3.8, 4) is 0 Å². The van der Waals surface area contributed by atoms with E-state index in [0.29, 0.717) is 5.56 Å². The molecule has 0 bridgehead atoms. The first-order valence-electron chi connectivity index (χ1n) is 6.15. The van der Waals surface area contributed by atoms with Crippen LogP contribution >= 0.6 is 0 Å². The van der Waals surface area contributed by atoms with Crippen LogP contribution in [0.25, 0.3) is 5.52 Å². The first-order chi connectivity index (χ1) is 9.31. The third-order valence-corrected chi connectivity index (χ3v) is 3.27. The zero-order valence-electron chi connectivity index (χ0n) is 10.5. The molecule has 0 radical (unpaired) electrons. The van der Waals surface area contributed by atoms with Crippen molar-refractivity contribution >= 4 is 5.52 Å². The highest BCUT2D eigenvalue weighted by Crippen LogP contribution is 2.26. The molecule has 0 spiro atoms. The molecular weight excluding hydrogens is 241 g/mol. The number of nitrogens with one attached hydrogen (secondary N) is 1. The molecule has 0 amide bonds. The fourth-order valence-electron chi connectivity index (χ4n) is 2.36. The Morgan fingerprint density at radius 2 is 1.89 bits per heavy atom. The molecule has 1 N–H and O–H groups in total. The summed E-state index contributed by atoms with van der Waals surface area (Å²) in [6.07, 6.45) is 3.66. The summed E-state index contributed by atoms with van der Waals surface area (Å²) < 4.78 is 15.7. The number of hydrogen-bond acceptors (Lipinski definition) is 2. The van der Waals surface area contributed by atoms with Gasteiger partial charge < -0.3 is 5.32 Å². The molecule has 3 aromatic rings. The van der Waals surface area contributed by atoms with Gasteiger partial charge in [-0.15, -0.1) is 0 Å². The highest BCUT2D eigenvalue weighted by atomic mass is 19.1. The van der Waals surface area contributed by atoms with Gasteiger partial charge in [0.15, 0.2) is 0 Å². The van der Waals surface area contributed by atoms with Crippen molar-refractivity contribution in [2.45, 2.75) is 6.04 Å². The van der Waals surface area contributed by atoms with E-state index in [9.17, 15) is 4.39 Å². The van der Waals surface area contributed by atoms with Gasteiger partial charge in [0.1, 0.15) is 5.82 Å². The summed E-state index contributed by atoms with van der Waals surface area (Å²) in [5.74, 6) is -0.211. The first kappa shape index (κ1) is 11.9. The number of aromatic nitrogens is 2. The average molecular weight is 255 g/mol. The van der Waals surface area contributed by atoms with Gasteiger partial charge in [-0.05, 0) is 25.2 Å². The van der Waals surface area contributed by atoms with Crippen LogP contribution in [0.1, 0.15) is 17.2 Å². The van der Waals surface area contributed by atoms with E-state index in [4.69, 9.17) is 0 Å². The summed E-state index contributed by atoms with van der Waals surface area (Å²) in [5, 5.41) is 7.46. The van der Waals surface area contributed by atoms with Crippen molar-refractivity contribution in [2.24, 2.45) is 0 Å². The molecule has 96 valence electrons. The lowest BCUT2D eigenvalue weighted by Gasteiger charge is -2.16. The zero-order chi connectivity index (χ0) is 13.2. The SMILES string of the molecule is CNC(c1ccccc1F)c1cnn2ccccc12.